The molecule has 5 heteroatoms. The maximum Gasteiger partial charge on any atom is 0.326 e. The van der Waals surface area contributed by atoms with Crippen molar-refractivity contribution in [1.29, 1.82) is 0 Å². The van der Waals surface area contributed by atoms with Gasteiger partial charge in [0.15, 0.2) is 0 Å². The molecule has 0 bridgehead atoms. The van der Waals surface area contributed by atoms with Crippen LogP contribution in [0.4, 0.5) is 0 Å². The SMILES string of the molecule is O=C(O)[C@@H]1CC[C@@H]2C=C[C@H]3CCCN[C@@H]3C(=O)N21. The number of nitrogens with one attached hydrogen (secondary N) is 1. The van der Waals surface area contributed by atoms with Gasteiger partial charge >= 0.3 is 5.97 Å². The van der Waals surface area contributed by atoms with Crippen LogP contribution in [0.5, 0.6) is 0 Å². The molecule has 2 N–H and O–H groups in total. The van der Waals surface area contributed by atoms with Crippen LogP contribution in [0.25, 0.3) is 0 Å². The molecule has 0 aromatic heterocycles. The zero-order chi connectivity index (χ0) is 12.7. The van der Waals surface area contributed by atoms with Crippen LogP contribution in [0.1, 0.15) is 25.7 Å². The minimum Gasteiger partial charge on any atom is -0.480 e. The first kappa shape index (κ1) is 11.7. The number of nitrogens with zero attached hydrogens (tertiary/aromatic N) is 1. The van der Waals surface area contributed by atoms with Gasteiger partial charge in [0, 0.05) is 5.92 Å². The van der Waals surface area contributed by atoms with Gasteiger partial charge in [-0.15, -0.1) is 0 Å². The summed E-state index contributed by atoms with van der Waals surface area (Å²) in [4.78, 5) is 25.4. The van der Waals surface area contributed by atoms with E-state index in [1.54, 1.807) is 4.90 Å². The van der Waals surface area contributed by atoms with E-state index < -0.39 is 12.0 Å². The summed E-state index contributed by atoms with van der Waals surface area (Å²) in [7, 11) is 0. The van der Waals surface area contributed by atoms with Crippen molar-refractivity contribution in [3.05, 3.63) is 12.2 Å². The number of hydrogen-bond acceptors (Lipinski definition) is 3. The molecule has 0 aromatic carbocycles. The number of piperidine rings is 1. The molecule has 98 valence electrons. The van der Waals surface area contributed by atoms with E-state index in [4.69, 9.17) is 0 Å². The standard InChI is InChI=1S/C13H18N2O3/c16-12-11-8(2-1-7-14-11)3-4-9-5-6-10(13(17)18)15(9)12/h3-4,8-11,14H,1-2,5-7H2,(H,17,18)/t8-,9+,10+,11+/m1/s1. The Morgan fingerprint density at radius 1 is 1.33 bits per heavy atom. The van der Waals surface area contributed by atoms with Crippen LogP contribution in [0.2, 0.25) is 0 Å². The number of carboxylic acids is 1. The van der Waals surface area contributed by atoms with Crippen LogP contribution in [0, 0.1) is 5.92 Å². The predicted octanol–water partition coefficient (Wildman–Crippen LogP) is 0.369. The van der Waals surface area contributed by atoms with E-state index >= 15 is 0 Å². The van der Waals surface area contributed by atoms with Crippen molar-refractivity contribution in [3.8, 4) is 0 Å². The highest BCUT2D eigenvalue weighted by molar-refractivity contribution is 5.89. The van der Waals surface area contributed by atoms with Crippen molar-refractivity contribution >= 4 is 11.9 Å². The zero-order valence-corrected chi connectivity index (χ0v) is 10.2. The largest absolute Gasteiger partial charge is 0.480 e. The fraction of sp³-hybridized carbons (Fsp3) is 0.692. The number of hydrogen-bond donors (Lipinski definition) is 2. The van der Waals surface area contributed by atoms with Gasteiger partial charge in [0.2, 0.25) is 5.91 Å². The molecule has 18 heavy (non-hydrogen) atoms. The maximum atomic E-state index is 12.5. The molecule has 0 aliphatic carbocycles. The molecule has 5 nitrogen and oxygen atoms in total. The molecular formula is C13H18N2O3. The second kappa shape index (κ2) is 4.39. The second-order valence-corrected chi connectivity index (χ2v) is 5.37. The van der Waals surface area contributed by atoms with Crippen molar-refractivity contribution < 1.29 is 14.7 Å². The summed E-state index contributed by atoms with van der Waals surface area (Å²) < 4.78 is 0. The van der Waals surface area contributed by atoms with E-state index in [1.165, 1.54) is 0 Å². The molecule has 1 amide bonds. The normalized spacial score (nSPS) is 39.1. The Hall–Kier alpha value is -1.36. The maximum absolute atomic E-state index is 12.5. The monoisotopic (exact) mass is 250 g/mol. The Bertz CT molecular complexity index is 407. The summed E-state index contributed by atoms with van der Waals surface area (Å²) in [6, 6.07) is -0.888. The molecule has 3 aliphatic rings. The lowest BCUT2D eigenvalue weighted by Gasteiger charge is -2.33. The van der Waals surface area contributed by atoms with Gasteiger partial charge in [-0.2, -0.15) is 0 Å². The Kier molecular flexibility index (Phi) is 2.86. The smallest absolute Gasteiger partial charge is 0.326 e. The number of aliphatic carboxylic acids is 1. The highest BCUT2D eigenvalue weighted by Gasteiger charge is 2.45. The summed E-state index contributed by atoms with van der Waals surface area (Å²) in [5.74, 6) is -0.681. The molecule has 3 aliphatic heterocycles. The van der Waals surface area contributed by atoms with E-state index in [-0.39, 0.29) is 23.9 Å². The Morgan fingerprint density at radius 2 is 2.17 bits per heavy atom. The predicted molar refractivity (Wildman–Crippen MR) is 64.9 cm³/mol. The first-order valence-corrected chi connectivity index (χ1v) is 6.65. The third-order valence-electron chi connectivity index (χ3n) is 4.32. The molecule has 0 radical (unpaired) electrons. The van der Waals surface area contributed by atoms with E-state index in [0.29, 0.717) is 6.42 Å². The molecule has 3 rings (SSSR count). The average Bonchev–Trinajstić information content (AvgIpc) is 2.74. The van der Waals surface area contributed by atoms with Gasteiger partial charge in [0.05, 0.1) is 12.1 Å². The minimum absolute atomic E-state index is 0.0222. The lowest BCUT2D eigenvalue weighted by atomic mass is 9.90. The third-order valence-corrected chi connectivity index (χ3v) is 4.32. The van der Waals surface area contributed by atoms with Gasteiger partial charge in [-0.05, 0) is 32.2 Å². The molecule has 2 fully saturated rings. The summed E-state index contributed by atoms with van der Waals surface area (Å²) in [5.41, 5.74) is 0. The van der Waals surface area contributed by atoms with Crippen LogP contribution in [0.15, 0.2) is 12.2 Å². The van der Waals surface area contributed by atoms with Crippen molar-refractivity contribution in [2.45, 2.75) is 43.8 Å². The van der Waals surface area contributed by atoms with Crippen LogP contribution in [-0.4, -0.2) is 46.6 Å². The molecular weight excluding hydrogens is 232 g/mol. The second-order valence-electron chi connectivity index (χ2n) is 5.37. The fourth-order valence-electron chi connectivity index (χ4n) is 3.41. The van der Waals surface area contributed by atoms with E-state index in [9.17, 15) is 14.7 Å². The summed E-state index contributed by atoms with van der Waals surface area (Å²) in [5, 5.41) is 12.5. The molecule has 4 atom stereocenters. The summed E-state index contributed by atoms with van der Waals surface area (Å²) >= 11 is 0. The molecule has 0 spiro atoms. The zero-order valence-electron chi connectivity index (χ0n) is 10.2. The van der Waals surface area contributed by atoms with Gasteiger partial charge in [-0.25, -0.2) is 4.79 Å². The Balaban J connectivity index is 1.91. The number of amides is 1. The lowest BCUT2D eigenvalue weighted by Crippen LogP contribution is -2.55. The van der Waals surface area contributed by atoms with Crippen LogP contribution >= 0.6 is 0 Å². The van der Waals surface area contributed by atoms with Crippen molar-refractivity contribution in [2.24, 2.45) is 5.92 Å². The average molecular weight is 250 g/mol. The van der Waals surface area contributed by atoms with Gasteiger partial charge in [0.25, 0.3) is 0 Å². The molecule has 0 unspecified atom stereocenters. The van der Waals surface area contributed by atoms with Crippen LogP contribution in [0.3, 0.4) is 0 Å². The van der Waals surface area contributed by atoms with Crippen molar-refractivity contribution in [2.75, 3.05) is 6.54 Å². The molecule has 0 aromatic rings. The van der Waals surface area contributed by atoms with E-state index in [0.717, 1.165) is 25.8 Å². The van der Waals surface area contributed by atoms with E-state index in [1.807, 2.05) is 6.08 Å². The summed E-state index contributed by atoms with van der Waals surface area (Å²) in [6.45, 7) is 0.844. The highest BCUT2D eigenvalue weighted by atomic mass is 16.4. The minimum atomic E-state index is -0.881. The first-order valence-electron chi connectivity index (χ1n) is 6.65. The number of carboxylic acid groups (broad SMARTS) is 1. The van der Waals surface area contributed by atoms with Crippen LogP contribution in [-0.2, 0) is 9.59 Å². The Morgan fingerprint density at radius 3 is 2.94 bits per heavy atom. The molecule has 3 heterocycles. The third kappa shape index (κ3) is 1.73. The van der Waals surface area contributed by atoms with Crippen molar-refractivity contribution in [1.82, 2.24) is 10.2 Å². The van der Waals surface area contributed by atoms with Crippen molar-refractivity contribution in [3.63, 3.8) is 0 Å². The number of carbonyl (C=O) groups excluding carboxylic acids is 1. The number of carbonyl (C=O) groups is 2. The molecule has 0 saturated carbocycles. The molecule has 2 saturated heterocycles. The lowest BCUT2D eigenvalue weighted by molar-refractivity contribution is -0.150. The number of rotatable bonds is 1. The Labute approximate surface area is 106 Å². The van der Waals surface area contributed by atoms with Gasteiger partial charge < -0.3 is 15.3 Å². The van der Waals surface area contributed by atoms with Gasteiger partial charge in [0.1, 0.15) is 6.04 Å². The first-order chi connectivity index (χ1) is 8.68. The quantitative estimate of drug-likeness (QED) is 0.660. The summed E-state index contributed by atoms with van der Waals surface area (Å²) in [6.07, 6.45) is 7.57. The fourth-order valence-corrected chi connectivity index (χ4v) is 3.41. The topological polar surface area (TPSA) is 69.6 Å². The van der Waals surface area contributed by atoms with Gasteiger partial charge in [-0.3, -0.25) is 4.79 Å². The number of fused-ring (bicyclic) bond motifs is 2. The van der Waals surface area contributed by atoms with Gasteiger partial charge in [-0.1, -0.05) is 12.2 Å². The highest BCUT2D eigenvalue weighted by Crippen LogP contribution is 2.32. The van der Waals surface area contributed by atoms with E-state index in [2.05, 4.69) is 11.4 Å². The van der Waals surface area contributed by atoms with Crippen LogP contribution < -0.4 is 5.32 Å².